The van der Waals surface area contributed by atoms with Crippen LogP contribution in [0.5, 0.6) is 0 Å². The molecule has 1 fully saturated rings. The molecule has 0 aromatic carbocycles. The molecule has 1 amide bonds. The number of hydrogen-bond acceptors (Lipinski definition) is 2. The van der Waals surface area contributed by atoms with Crippen molar-refractivity contribution in [3.05, 3.63) is 0 Å². The average molecular weight is 297 g/mol. The molecule has 1 aliphatic carbocycles. The Hall–Kier alpha value is -0.570. The molecular weight excluding hydrogens is 262 g/mol. The van der Waals surface area contributed by atoms with E-state index in [1.54, 1.807) is 0 Å². The van der Waals surface area contributed by atoms with Gasteiger partial charge in [-0.2, -0.15) is 0 Å². The van der Waals surface area contributed by atoms with Gasteiger partial charge in [0.1, 0.15) is 0 Å². The maximum Gasteiger partial charge on any atom is 0.220 e. The van der Waals surface area contributed by atoms with E-state index in [9.17, 15) is 9.90 Å². The minimum Gasteiger partial charge on any atom is -0.388 e. The first-order valence-corrected chi connectivity index (χ1v) is 8.86. The van der Waals surface area contributed by atoms with Gasteiger partial charge in [-0.1, -0.05) is 52.9 Å². The Labute approximate surface area is 130 Å². The molecule has 124 valence electrons. The van der Waals surface area contributed by atoms with E-state index in [-0.39, 0.29) is 5.91 Å². The summed E-state index contributed by atoms with van der Waals surface area (Å²) < 4.78 is 0. The number of hydrogen-bond donors (Lipinski definition) is 2. The zero-order valence-electron chi connectivity index (χ0n) is 14.3. The lowest BCUT2D eigenvalue weighted by Gasteiger charge is -2.40. The number of carbonyl (C=O) groups is 1. The van der Waals surface area contributed by atoms with Crippen LogP contribution in [-0.4, -0.2) is 23.2 Å². The summed E-state index contributed by atoms with van der Waals surface area (Å²) in [7, 11) is 0. The van der Waals surface area contributed by atoms with E-state index in [1.165, 1.54) is 25.7 Å². The minimum atomic E-state index is -0.674. The van der Waals surface area contributed by atoms with Gasteiger partial charge in [0.2, 0.25) is 5.91 Å². The van der Waals surface area contributed by atoms with Crippen molar-refractivity contribution >= 4 is 5.91 Å². The average Bonchev–Trinajstić information content (AvgIpc) is 2.44. The summed E-state index contributed by atoms with van der Waals surface area (Å²) in [6, 6.07) is 0. The van der Waals surface area contributed by atoms with Crippen LogP contribution in [0.15, 0.2) is 0 Å². The van der Waals surface area contributed by atoms with E-state index in [2.05, 4.69) is 26.1 Å². The standard InChI is InChI=1S/C18H35NO2/c1-4-5-6-7-8-9-10-16(20)19-15-18(21)13-11-17(2,3)12-14-18/h21H,4-15H2,1-3H3,(H,19,20). The van der Waals surface area contributed by atoms with Crippen molar-refractivity contribution in [3.63, 3.8) is 0 Å². The summed E-state index contributed by atoms with van der Waals surface area (Å²) >= 11 is 0. The lowest BCUT2D eigenvalue weighted by molar-refractivity contribution is -0.123. The fourth-order valence-electron chi connectivity index (χ4n) is 2.99. The van der Waals surface area contributed by atoms with Gasteiger partial charge in [-0.15, -0.1) is 0 Å². The van der Waals surface area contributed by atoms with Crippen LogP contribution in [-0.2, 0) is 4.79 Å². The fraction of sp³-hybridized carbons (Fsp3) is 0.944. The second-order valence-electron chi connectivity index (χ2n) is 7.68. The normalized spacial score (nSPS) is 20.2. The monoisotopic (exact) mass is 297 g/mol. The number of aliphatic hydroxyl groups is 1. The van der Waals surface area contributed by atoms with Gasteiger partial charge < -0.3 is 10.4 Å². The molecule has 1 aliphatic rings. The summed E-state index contributed by atoms with van der Waals surface area (Å²) in [5.74, 6) is 0.101. The first-order valence-electron chi connectivity index (χ1n) is 8.86. The molecule has 1 rings (SSSR count). The predicted molar refractivity (Wildman–Crippen MR) is 88.2 cm³/mol. The van der Waals surface area contributed by atoms with Gasteiger partial charge in [0.05, 0.1) is 5.60 Å². The lowest BCUT2D eigenvalue weighted by Crippen LogP contribution is -2.46. The smallest absolute Gasteiger partial charge is 0.220 e. The fourth-order valence-corrected chi connectivity index (χ4v) is 2.99. The van der Waals surface area contributed by atoms with Crippen molar-refractivity contribution in [3.8, 4) is 0 Å². The van der Waals surface area contributed by atoms with Crippen molar-refractivity contribution < 1.29 is 9.90 Å². The van der Waals surface area contributed by atoms with Crippen LogP contribution in [0.2, 0.25) is 0 Å². The third kappa shape index (κ3) is 7.85. The number of unbranched alkanes of at least 4 members (excludes halogenated alkanes) is 5. The molecule has 3 heteroatoms. The molecule has 0 spiro atoms. The second kappa shape index (κ2) is 8.77. The van der Waals surface area contributed by atoms with Crippen LogP contribution in [0.1, 0.15) is 91.4 Å². The van der Waals surface area contributed by atoms with Crippen LogP contribution in [0.4, 0.5) is 0 Å². The van der Waals surface area contributed by atoms with Gasteiger partial charge in [-0.25, -0.2) is 0 Å². The van der Waals surface area contributed by atoms with Gasteiger partial charge >= 0.3 is 0 Å². The minimum absolute atomic E-state index is 0.101. The summed E-state index contributed by atoms with van der Waals surface area (Å²) in [4.78, 5) is 11.8. The number of amides is 1. The molecule has 0 aromatic rings. The number of rotatable bonds is 9. The molecule has 0 aromatic heterocycles. The quantitative estimate of drug-likeness (QED) is 0.627. The van der Waals surface area contributed by atoms with E-state index in [1.807, 2.05) is 0 Å². The number of nitrogens with one attached hydrogen (secondary N) is 1. The lowest BCUT2D eigenvalue weighted by atomic mass is 9.71. The maximum absolute atomic E-state index is 11.8. The first-order chi connectivity index (χ1) is 9.87. The molecule has 1 saturated carbocycles. The van der Waals surface area contributed by atoms with Gasteiger partial charge in [0, 0.05) is 13.0 Å². The van der Waals surface area contributed by atoms with E-state index in [4.69, 9.17) is 0 Å². The molecule has 0 unspecified atom stereocenters. The third-order valence-electron chi connectivity index (χ3n) is 4.91. The van der Waals surface area contributed by atoms with Crippen molar-refractivity contribution in [1.29, 1.82) is 0 Å². The van der Waals surface area contributed by atoms with E-state index in [0.717, 1.165) is 38.5 Å². The van der Waals surface area contributed by atoms with Crippen LogP contribution >= 0.6 is 0 Å². The Morgan fingerprint density at radius 1 is 1.00 bits per heavy atom. The highest BCUT2D eigenvalue weighted by Crippen LogP contribution is 2.39. The molecule has 2 N–H and O–H groups in total. The molecule has 0 saturated heterocycles. The maximum atomic E-state index is 11.8. The van der Waals surface area contributed by atoms with Gasteiger partial charge in [0.25, 0.3) is 0 Å². The van der Waals surface area contributed by atoms with Gasteiger partial charge in [-0.3, -0.25) is 4.79 Å². The zero-order valence-corrected chi connectivity index (χ0v) is 14.3. The van der Waals surface area contributed by atoms with Gasteiger partial charge in [0.15, 0.2) is 0 Å². The Morgan fingerprint density at radius 3 is 2.19 bits per heavy atom. The van der Waals surface area contributed by atoms with Crippen LogP contribution in [0.3, 0.4) is 0 Å². The molecule has 0 bridgehead atoms. The van der Waals surface area contributed by atoms with Gasteiger partial charge in [-0.05, 0) is 37.5 Å². The van der Waals surface area contributed by atoms with Crippen LogP contribution < -0.4 is 5.32 Å². The van der Waals surface area contributed by atoms with Crippen molar-refractivity contribution in [2.45, 2.75) is 97.0 Å². The van der Waals surface area contributed by atoms with Crippen molar-refractivity contribution in [2.24, 2.45) is 5.41 Å². The highest BCUT2D eigenvalue weighted by molar-refractivity contribution is 5.75. The number of carbonyl (C=O) groups excluding carboxylic acids is 1. The SMILES string of the molecule is CCCCCCCCC(=O)NCC1(O)CCC(C)(C)CC1. The summed E-state index contributed by atoms with van der Waals surface area (Å²) in [5, 5.41) is 13.4. The first kappa shape index (κ1) is 18.5. The molecule has 0 heterocycles. The molecular formula is C18H35NO2. The Bertz CT molecular complexity index is 302. The topological polar surface area (TPSA) is 49.3 Å². The Balaban J connectivity index is 2.10. The van der Waals surface area contributed by atoms with Crippen molar-refractivity contribution in [2.75, 3.05) is 6.54 Å². The highest BCUT2D eigenvalue weighted by Gasteiger charge is 2.36. The van der Waals surface area contributed by atoms with E-state index in [0.29, 0.717) is 18.4 Å². The third-order valence-corrected chi connectivity index (χ3v) is 4.91. The van der Waals surface area contributed by atoms with Crippen LogP contribution in [0, 0.1) is 5.41 Å². The van der Waals surface area contributed by atoms with Crippen LogP contribution in [0.25, 0.3) is 0 Å². The summed E-state index contributed by atoms with van der Waals surface area (Å²) in [6.45, 7) is 7.15. The molecule has 0 radical (unpaired) electrons. The summed E-state index contributed by atoms with van der Waals surface area (Å²) in [6.07, 6.45) is 11.5. The summed E-state index contributed by atoms with van der Waals surface area (Å²) in [5.41, 5.74) is -0.332. The Kier molecular flexibility index (Phi) is 7.72. The highest BCUT2D eigenvalue weighted by atomic mass is 16.3. The zero-order chi connectivity index (χ0) is 15.8. The molecule has 0 aliphatic heterocycles. The van der Waals surface area contributed by atoms with Crippen molar-refractivity contribution in [1.82, 2.24) is 5.32 Å². The molecule has 0 atom stereocenters. The largest absolute Gasteiger partial charge is 0.388 e. The second-order valence-corrected chi connectivity index (χ2v) is 7.68. The molecule has 21 heavy (non-hydrogen) atoms. The molecule has 3 nitrogen and oxygen atoms in total. The predicted octanol–water partition coefficient (Wildman–Crippen LogP) is 4.18. The van der Waals surface area contributed by atoms with E-state index < -0.39 is 5.60 Å². The van der Waals surface area contributed by atoms with E-state index >= 15 is 0 Å². The Morgan fingerprint density at radius 2 is 1.57 bits per heavy atom.